The normalized spacial score (nSPS) is 12.2. The van der Waals surface area contributed by atoms with Crippen molar-refractivity contribution in [3.05, 3.63) is 0 Å². The molecule has 0 atom stereocenters. The van der Waals surface area contributed by atoms with Gasteiger partial charge in [-0.2, -0.15) is 0 Å². The van der Waals surface area contributed by atoms with Crippen LogP contribution in [0.4, 0.5) is 0 Å². The van der Waals surface area contributed by atoms with E-state index in [4.69, 9.17) is 34.4 Å². The highest BCUT2D eigenvalue weighted by molar-refractivity contribution is 4.70. The molecule has 218 valence electrons. The summed E-state index contributed by atoms with van der Waals surface area (Å²) in [5.41, 5.74) is 34.6. The van der Waals surface area contributed by atoms with Crippen LogP contribution in [0, 0.1) is 5.92 Å². The highest BCUT2D eigenvalue weighted by atomic mass is 15.2. The molecule has 10 nitrogen and oxygen atoms in total. The van der Waals surface area contributed by atoms with Crippen molar-refractivity contribution in [3.63, 3.8) is 0 Å². The average Bonchev–Trinajstić information content (AvgIpc) is 2.90. The summed E-state index contributed by atoms with van der Waals surface area (Å²) >= 11 is 0. The first-order chi connectivity index (χ1) is 17.6. The summed E-state index contributed by atoms with van der Waals surface area (Å²) in [4.78, 5) is 7.66. The van der Waals surface area contributed by atoms with Gasteiger partial charge in [-0.1, -0.05) is 0 Å². The highest BCUT2D eigenvalue weighted by Crippen LogP contribution is 2.11. The Morgan fingerprint density at radius 3 is 1.08 bits per heavy atom. The SMILES string of the molecule is NCCCC(CCCN)CNCCN(CCN(CCCN)CCCN)CCN(CCCN)CCCN. The summed E-state index contributed by atoms with van der Waals surface area (Å²) in [7, 11) is 0. The molecule has 0 bridgehead atoms. The fourth-order valence-electron chi connectivity index (χ4n) is 4.54. The van der Waals surface area contributed by atoms with Gasteiger partial charge in [0.2, 0.25) is 0 Å². The Kier molecular flexibility index (Phi) is 27.3. The van der Waals surface area contributed by atoms with Crippen molar-refractivity contribution in [1.29, 1.82) is 0 Å². The van der Waals surface area contributed by atoms with Crippen molar-refractivity contribution in [3.8, 4) is 0 Å². The van der Waals surface area contributed by atoms with Crippen molar-refractivity contribution >= 4 is 0 Å². The van der Waals surface area contributed by atoms with Gasteiger partial charge < -0.3 is 49.5 Å². The number of hydrogen-bond donors (Lipinski definition) is 7. The van der Waals surface area contributed by atoms with Gasteiger partial charge in [-0.15, -0.1) is 0 Å². The lowest BCUT2D eigenvalue weighted by atomic mass is 9.97. The van der Waals surface area contributed by atoms with Crippen molar-refractivity contribution in [1.82, 2.24) is 20.0 Å². The quantitative estimate of drug-likeness (QED) is 0.0608. The molecule has 0 fully saturated rings. The van der Waals surface area contributed by atoms with Crippen LogP contribution in [0.2, 0.25) is 0 Å². The van der Waals surface area contributed by atoms with E-state index in [2.05, 4.69) is 20.0 Å². The van der Waals surface area contributed by atoms with Crippen molar-refractivity contribution in [2.45, 2.75) is 51.4 Å². The van der Waals surface area contributed by atoms with Gasteiger partial charge in [0.15, 0.2) is 0 Å². The van der Waals surface area contributed by atoms with Crippen molar-refractivity contribution < 1.29 is 0 Å². The minimum atomic E-state index is 0.664. The van der Waals surface area contributed by atoms with Crippen LogP contribution in [0.3, 0.4) is 0 Å². The molecule has 0 spiro atoms. The van der Waals surface area contributed by atoms with Gasteiger partial charge in [0.05, 0.1) is 0 Å². The molecule has 13 N–H and O–H groups in total. The molecule has 0 heterocycles. The van der Waals surface area contributed by atoms with Gasteiger partial charge in [-0.05, 0) is 129 Å². The maximum Gasteiger partial charge on any atom is 0.0110 e. The second kappa shape index (κ2) is 27.6. The molecule has 0 aromatic carbocycles. The van der Waals surface area contributed by atoms with Crippen LogP contribution in [-0.4, -0.2) is 126 Å². The van der Waals surface area contributed by atoms with Gasteiger partial charge in [0.25, 0.3) is 0 Å². The number of nitrogens with two attached hydrogens (primary N) is 6. The predicted molar refractivity (Wildman–Crippen MR) is 157 cm³/mol. The van der Waals surface area contributed by atoms with Crippen molar-refractivity contribution in [2.24, 2.45) is 40.3 Å². The van der Waals surface area contributed by atoms with Crippen molar-refractivity contribution in [2.75, 3.05) is 111 Å². The molecule has 36 heavy (non-hydrogen) atoms. The van der Waals surface area contributed by atoms with Crippen LogP contribution in [0.5, 0.6) is 0 Å². The van der Waals surface area contributed by atoms with E-state index >= 15 is 0 Å². The first-order valence-corrected chi connectivity index (χ1v) is 14.7. The Bertz CT molecular complexity index is 382. The first-order valence-electron chi connectivity index (χ1n) is 14.7. The third-order valence-electron chi connectivity index (χ3n) is 6.85. The van der Waals surface area contributed by atoms with Crippen LogP contribution < -0.4 is 39.7 Å². The zero-order chi connectivity index (χ0) is 26.7. The summed E-state index contributed by atoms with van der Waals surface area (Å²) in [6, 6.07) is 0. The molecule has 0 unspecified atom stereocenters. The van der Waals surface area contributed by atoms with Gasteiger partial charge >= 0.3 is 0 Å². The number of nitrogens with zero attached hydrogens (tertiary/aromatic N) is 3. The molecule has 0 aliphatic rings. The average molecular weight is 517 g/mol. The molecule has 0 aromatic heterocycles. The summed E-state index contributed by atoms with van der Waals surface area (Å²) in [5.74, 6) is 0.664. The zero-order valence-corrected chi connectivity index (χ0v) is 23.6. The molecule has 10 heteroatoms. The Morgan fingerprint density at radius 1 is 0.417 bits per heavy atom. The van der Waals surface area contributed by atoms with E-state index in [-0.39, 0.29) is 0 Å². The minimum absolute atomic E-state index is 0.664. The topological polar surface area (TPSA) is 178 Å². The largest absolute Gasteiger partial charge is 0.330 e. The molecule has 0 radical (unpaired) electrons. The monoisotopic (exact) mass is 517 g/mol. The fraction of sp³-hybridized carbons (Fsp3) is 1.00. The second-order valence-electron chi connectivity index (χ2n) is 10.0. The third kappa shape index (κ3) is 21.7. The maximum absolute atomic E-state index is 5.78. The molecule has 0 saturated heterocycles. The van der Waals surface area contributed by atoms with Gasteiger partial charge in [0, 0.05) is 39.3 Å². The van der Waals surface area contributed by atoms with Gasteiger partial charge in [-0.3, -0.25) is 4.90 Å². The Morgan fingerprint density at radius 2 is 0.750 bits per heavy atom. The second-order valence-corrected chi connectivity index (χ2v) is 10.0. The van der Waals surface area contributed by atoms with Gasteiger partial charge in [0.1, 0.15) is 0 Å². The molecule has 0 aliphatic heterocycles. The Labute approximate surface area is 223 Å². The van der Waals surface area contributed by atoms with Crippen LogP contribution in [0.15, 0.2) is 0 Å². The van der Waals surface area contributed by atoms with Crippen LogP contribution in [0.25, 0.3) is 0 Å². The third-order valence-corrected chi connectivity index (χ3v) is 6.85. The maximum atomic E-state index is 5.78. The lowest BCUT2D eigenvalue weighted by molar-refractivity contribution is 0.173. The lowest BCUT2D eigenvalue weighted by Crippen LogP contribution is -2.44. The van der Waals surface area contributed by atoms with E-state index < -0.39 is 0 Å². The molecular weight excluding hydrogens is 452 g/mol. The van der Waals surface area contributed by atoms with Crippen LogP contribution in [-0.2, 0) is 0 Å². The Hall–Kier alpha value is -0.400. The standard InChI is InChI=1S/C26H64N10/c27-9-1-7-26(8-2-10-28)25-33-15-20-36(23-21-34(16-3-11-29)17-4-12-30)24-22-35(18-5-13-31)19-6-14-32/h26,33H,1-25,27-32H2. The number of hydrogen-bond acceptors (Lipinski definition) is 10. The fourth-order valence-corrected chi connectivity index (χ4v) is 4.54. The number of nitrogens with one attached hydrogen (secondary N) is 1. The molecule has 0 aliphatic carbocycles. The van der Waals surface area contributed by atoms with E-state index in [1.807, 2.05) is 0 Å². The minimum Gasteiger partial charge on any atom is -0.330 e. The van der Waals surface area contributed by atoms with Gasteiger partial charge in [-0.25, -0.2) is 0 Å². The molecule has 0 aromatic rings. The molecule has 0 saturated carbocycles. The number of rotatable bonds is 29. The first kappa shape index (κ1) is 35.6. The summed E-state index contributed by atoms with van der Waals surface area (Å²) in [6.07, 6.45) is 8.67. The predicted octanol–water partition coefficient (Wildman–Crippen LogP) is -1.03. The smallest absolute Gasteiger partial charge is 0.0110 e. The summed E-state index contributed by atoms with van der Waals surface area (Å²) in [5, 5.41) is 3.73. The van der Waals surface area contributed by atoms with E-state index in [0.717, 1.165) is 150 Å². The molecule has 0 amide bonds. The van der Waals surface area contributed by atoms with Crippen LogP contribution in [0.1, 0.15) is 51.4 Å². The van der Waals surface area contributed by atoms with Crippen LogP contribution >= 0.6 is 0 Å². The van der Waals surface area contributed by atoms with E-state index in [1.54, 1.807) is 0 Å². The highest BCUT2D eigenvalue weighted by Gasteiger charge is 2.13. The Balaban J connectivity index is 4.87. The van der Waals surface area contributed by atoms with E-state index in [1.165, 1.54) is 12.8 Å². The van der Waals surface area contributed by atoms with E-state index in [0.29, 0.717) is 5.92 Å². The summed E-state index contributed by atoms with van der Waals surface area (Å²) < 4.78 is 0. The molecule has 0 rings (SSSR count). The summed E-state index contributed by atoms with van der Waals surface area (Å²) in [6.45, 7) is 16.0. The molecular formula is C26H64N10. The van der Waals surface area contributed by atoms with E-state index in [9.17, 15) is 0 Å². The lowest BCUT2D eigenvalue weighted by Gasteiger charge is -2.30. The zero-order valence-electron chi connectivity index (χ0n) is 23.6.